The standard InChI is InChI=1S/C14H25ClN2OS/c15-6-5-14(18)17-9-4-10-19-12-13(17)11-16-7-2-1-3-8-16/h13H,1-12H2. The van der Waals surface area contributed by atoms with Gasteiger partial charge < -0.3 is 9.80 Å². The van der Waals surface area contributed by atoms with E-state index in [1.54, 1.807) is 0 Å². The fourth-order valence-electron chi connectivity index (χ4n) is 2.97. The van der Waals surface area contributed by atoms with Gasteiger partial charge in [0.15, 0.2) is 0 Å². The maximum absolute atomic E-state index is 12.2. The molecule has 1 amide bonds. The molecule has 0 N–H and O–H groups in total. The van der Waals surface area contributed by atoms with E-state index in [1.165, 1.54) is 38.1 Å². The van der Waals surface area contributed by atoms with Crippen LogP contribution in [0.4, 0.5) is 0 Å². The Morgan fingerprint density at radius 1 is 1.16 bits per heavy atom. The van der Waals surface area contributed by atoms with Gasteiger partial charge in [0.1, 0.15) is 0 Å². The number of rotatable bonds is 4. The number of nitrogens with zero attached hydrogens (tertiary/aromatic N) is 2. The van der Waals surface area contributed by atoms with Crippen LogP contribution in [0.5, 0.6) is 0 Å². The molecule has 0 radical (unpaired) electrons. The third-order valence-corrected chi connectivity index (χ3v) is 5.37. The number of piperidine rings is 1. The monoisotopic (exact) mass is 304 g/mol. The number of likely N-dealkylation sites (tertiary alicyclic amines) is 1. The minimum atomic E-state index is 0.250. The number of hydrogen-bond donors (Lipinski definition) is 0. The SMILES string of the molecule is O=C(CCCl)N1CCCSCC1CN1CCCCC1. The molecule has 5 heteroatoms. The van der Waals surface area contributed by atoms with Gasteiger partial charge in [0, 0.05) is 31.1 Å². The molecule has 110 valence electrons. The smallest absolute Gasteiger partial charge is 0.224 e. The predicted molar refractivity (Wildman–Crippen MR) is 83.1 cm³/mol. The van der Waals surface area contributed by atoms with Crippen molar-refractivity contribution in [3.8, 4) is 0 Å². The van der Waals surface area contributed by atoms with Crippen molar-refractivity contribution >= 4 is 29.3 Å². The van der Waals surface area contributed by atoms with Gasteiger partial charge in [0.05, 0.1) is 6.04 Å². The number of thioether (sulfide) groups is 1. The first-order valence-electron chi connectivity index (χ1n) is 7.47. The number of carbonyl (C=O) groups excluding carboxylic acids is 1. The fraction of sp³-hybridized carbons (Fsp3) is 0.929. The van der Waals surface area contributed by atoms with E-state index < -0.39 is 0 Å². The van der Waals surface area contributed by atoms with Crippen molar-refractivity contribution in [3.63, 3.8) is 0 Å². The summed E-state index contributed by atoms with van der Waals surface area (Å²) in [7, 11) is 0. The summed E-state index contributed by atoms with van der Waals surface area (Å²) in [5.74, 6) is 2.96. The largest absolute Gasteiger partial charge is 0.338 e. The van der Waals surface area contributed by atoms with Crippen LogP contribution in [0.1, 0.15) is 32.1 Å². The number of carbonyl (C=O) groups is 1. The lowest BCUT2D eigenvalue weighted by atomic mass is 10.1. The highest BCUT2D eigenvalue weighted by atomic mass is 35.5. The quantitative estimate of drug-likeness (QED) is 0.745. The Labute approximate surface area is 126 Å². The first-order valence-corrected chi connectivity index (χ1v) is 9.15. The Kier molecular flexibility index (Phi) is 6.82. The van der Waals surface area contributed by atoms with Gasteiger partial charge in [-0.3, -0.25) is 4.79 Å². The van der Waals surface area contributed by atoms with E-state index in [9.17, 15) is 4.79 Å². The summed E-state index contributed by atoms with van der Waals surface area (Å²) in [6.45, 7) is 4.39. The normalized spacial score (nSPS) is 26.2. The van der Waals surface area contributed by atoms with Crippen molar-refractivity contribution in [2.75, 3.05) is 43.6 Å². The van der Waals surface area contributed by atoms with E-state index >= 15 is 0 Å². The van der Waals surface area contributed by atoms with Crippen molar-refractivity contribution in [1.29, 1.82) is 0 Å². The average molecular weight is 305 g/mol. The van der Waals surface area contributed by atoms with Gasteiger partial charge in [-0.15, -0.1) is 11.6 Å². The third-order valence-electron chi connectivity index (χ3n) is 3.99. The molecule has 1 unspecified atom stereocenters. The van der Waals surface area contributed by atoms with Gasteiger partial charge in [0.25, 0.3) is 0 Å². The molecule has 0 aromatic heterocycles. The van der Waals surface area contributed by atoms with Crippen LogP contribution >= 0.6 is 23.4 Å². The topological polar surface area (TPSA) is 23.6 Å². The molecule has 2 aliphatic rings. The molecule has 2 saturated heterocycles. The second kappa shape index (κ2) is 8.38. The fourth-order valence-corrected chi connectivity index (χ4v) is 4.19. The maximum atomic E-state index is 12.2. The molecule has 0 spiro atoms. The first-order chi connectivity index (χ1) is 9.31. The van der Waals surface area contributed by atoms with E-state index in [2.05, 4.69) is 9.80 Å². The zero-order valence-corrected chi connectivity index (χ0v) is 13.2. The van der Waals surface area contributed by atoms with E-state index in [1.807, 2.05) is 11.8 Å². The highest BCUT2D eigenvalue weighted by molar-refractivity contribution is 7.99. The molecule has 2 rings (SSSR count). The van der Waals surface area contributed by atoms with Crippen LogP contribution in [0.25, 0.3) is 0 Å². The minimum Gasteiger partial charge on any atom is -0.338 e. The molecule has 2 aliphatic heterocycles. The maximum Gasteiger partial charge on any atom is 0.224 e. The zero-order chi connectivity index (χ0) is 13.5. The third kappa shape index (κ3) is 4.83. The van der Waals surface area contributed by atoms with Gasteiger partial charge in [0.2, 0.25) is 5.91 Å². The first kappa shape index (κ1) is 15.5. The lowest BCUT2D eigenvalue weighted by molar-refractivity contribution is -0.133. The predicted octanol–water partition coefficient (Wildman–Crippen LogP) is 2.44. The van der Waals surface area contributed by atoms with E-state index in [-0.39, 0.29) is 5.91 Å². The Hall–Kier alpha value is 0.0700. The average Bonchev–Trinajstić information content (AvgIpc) is 2.66. The highest BCUT2D eigenvalue weighted by Crippen LogP contribution is 2.20. The van der Waals surface area contributed by atoms with Gasteiger partial charge in [-0.1, -0.05) is 6.42 Å². The molecule has 0 aromatic carbocycles. The van der Waals surface area contributed by atoms with Gasteiger partial charge >= 0.3 is 0 Å². The lowest BCUT2D eigenvalue weighted by Crippen LogP contribution is -2.49. The Morgan fingerprint density at radius 3 is 2.68 bits per heavy atom. The van der Waals surface area contributed by atoms with E-state index in [0.29, 0.717) is 18.3 Å². The van der Waals surface area contributed by atoms with Crippen LogP contribution in [-0.4, -0.2) is 65.3 Å². The molecule has 3 nitrogen and oxygen atoms in total. The van der Waals surface area contributed by atoms with Gasteiger partial charge in [-0.05, 0) is 38.1 Å². The second-order valence-electron chi connectivity index (χ2n) is 5.47. The van der Waals surface area contributed by atoms with Gasteiger partial charge in [-0.25, -0.2) is 0 Å². The van der Waals surface area contributed by atoms with Crippen LogP contribution < -0.4 is 0 Å². The molecule has 0 bridgehead atoms. The van der Waals surface area contributed by atoms with Crippen molar-refractivity contribution in [2.24, 2.45) is 0 Å². The molecule has 19 heavy (non-hydrogen) atoms. The Morgan fingerprint density at radius 2 is 1.95 bits per heavy atom. The number of amides is 1. The van der Waals surface area contributed by atoms with Crippen molar-refractivity contribution in [3.05, 3.63) is 0 Å². The molecular formula is C14H25ClN2OS. The summed E-state index contributed by atoms with van der Waals surface area (Å²) >= 11 is 7.73. The molecule has 0 aliphatic carbocycles. The van der Waals surface area contributed by atoms with Crippen LogP contribution in [0.3, 0.4) is 0 Å². The summed E-state index contributed by atoms with van der Waals surface area (Å²) < 4.78 is 0. The Balaban J connectivity index is 1.93. The summed E-state index contributed by atoms with van der Waals surface area (Å²) in [5.41, 5.74) is 0. The van der Waals surface area contributed by atoms with Crippen LogP contribution in [-0.2, 0) is 4.79 Å². The van der Waals surface area contributed by atoms with E-state index in [0.717, 1.165) is 25.3 Å². The Bertz CT molecular complexity index is 285. The zero-order valence-electron chi connectivity index (χ0n) is 11.7. The summed E-state index contributed by atoms with van der Waals surface area (Å²) in [6, 6.07) is 0.390. The van der Waals surface area contributed by atoms with Crippen molar-refractivity contribution in [1.82, 2.24) is 9.80 Å². The molecule has 2 heterocycles. The molecule has 2 fully saturated rings. The van der Waals surface area contributed by atoms with E-state index in [4.69, 9.17) is 11.6 Å². The van der Waals surface area contributed by atoms with Crippen LogP contribution in [0, 0.1) is 0 Å². The minimum absolute atomic E-state index is 0.250. The number of alkyl halides is 1. The van der Waals surface area contributed by atoms with Crippen molar-refractivity contribution in [2.45, 2.75) is 38.1 Å². The second-order valence-corrected chi connectivity index (χ2v) is 7.00. The summed E-state index contributed by atoms with van der Waals surface area (Å²) in [4.78, 5) is 16.9. The molecular weight excluding hydrogens is 280 g/mol. The molecule has 0 saturated carbocycles. The lowest BCUT2D eigenvalue weighted by Gasteiger charge is -2.35. The summed E-state index contributed by atoms with van der Waals surface area (Å²) in [6.07, 6.45) is 5.60. The van der Waals surface area contributed by atoms with Crippen LogP contribution in [0.2, 0.25) is 0 Å². The van der Waals surface area contributed by atoms with Crippen molar-refractivity contribution < 1.29 is 4.79 Å². The number of hydrogen-bond acceptors (Lipinski definition) is 3. The number of halogens is 1. The van der Waals surface area contributed by atoms with Crippen LogP contribution in [0.15, 0.2) is 0 Å². The highest BCUT2D eigenvalue weighted by Gasteiger charge is 2.27. The van der Waals surface area contributed by atoms with Gasteiger partial charge in [-0.2, -0.15) is 11.8 Å². The molecule has 1 atom stereocenters. The summed E-state index contributed by atoms with van der Waals surface area (Å²) in [5, 5.41) is 0. The molecule has 0 aromatic rings.